The number of benzene rings is 1. The van der Waals surface area contributed by atoms with E-state index in [1.165, 1.54) is 11.1 Å². The van der Waals surface area contributed by atoms with Crippen molar-refractivity contribution in [3.63, 3.8) is 0 Å². The van der Waals surface area contributed by atoms with E-state index in [2.05, 4.69) is 36.3 Å². The van der Waals surface area contributed by atoms with Gasteiger partial charge in [-0.15, -0.1) is 0 Å². The van der Waals surface area contributed by atoms with E-state index in [0.29, 0.717) is 13.0 Å². The molecular formula is C23H29N3O2. The number of fused-ring (bicyclic) bond motifs is 1. The lowest BCUT2D eigenvalue weighted by atomic mass is 10.0. The molecule has 2 aliphatic heterocycles. The fraction of sp³-hybridized carbons (Fsp3) is 0.478. The van der Waals surface area contributed by atoms with Gasteiger partial charge in [0.05, 0.1) is 12.2 Å². The molecule has 1 saturated heterocycles. The van der Waals surface area contributed by atoms with E-state index in [1.54, 1.807) is 6.20 Å². The van der Waals surface area contributed by atoms with Gasteiger partial charge in [-0.2, -0.15) is 0 Å². The molecular weight excluding hydrogens is 350 g/mol. The number of hydrogen-bond acceptors (Lipinski definition) is 4. The molecule has 5 heteroatoms. The monoisotopic (exact) mass is 379 g/mol. The molecule has 1 aromatic carbocycles. The first-order chi connectivity index (χ1) is 13.6. The summed E-state index contributed by atoms with van der Waals surface area (Å²) in [7, 11) is 0. The molecule has 0 radical (unpaired) electrons. The van der Waals surface area contributed by atoms with Crippen molar-refractivity contribution >= 4 is 5.91 Å². The zero-order chi connectivity index (χ0) is 19.5. The van der Waals surface area contributed by atoms with Crippen LogP contribution in [-0.4, -0.2) is 41.0 Å². The number of rotatable bonds is 4. The minimum atomic E-state index is -0.434. The highest BCUT2D eigenvalue weighted by Gasteiger charge is 2.36. The van der Waals surface area contributed by atoms with Crippen LogP contribution in [0.3, 0.4) is 0 Å². The van der Waals surface area contributed by atoms with Crippen LogP contribution >= 0.6 is 0 Å². The Morgan fingerprint density at radius 1 is 1.21 bits per heavy atom. The number of aromatic nitrogens is 1. The summed E-state index contributed by atoms with van der Waals surface area (Å²) in [6.07, 6.45) is 5.08. The van der Waals surface area contributed by atoms with Gasteiger partial charge in [0, 0.05) is 18.7 Å². The Labute approximate surface area is 167 Å². The van der Waals surface area contributed by atoms with Gasteiger partial charge in [-0.05, 0) is 81.1 Å². The van der Waals surface area contributed by atoms with Crippen LogP contribution in [0.5, 0.6) is 5.75 Å². The maximum absolute atomic E-state index is 13.6. The average Bonchev–Trinajstić information content (AvgIpc) is 2.92. The zero-order valence-electron chi connectivity index (χ0n) is 16.8. The molecule has 148 valence electrons. The standard InChI is InChI=1S/C23H29N3O2/c1-16-12-18-14-22(28-21(18)13-17(16)2)23(27)26(15-19-6-3-4-10-25-19)20-7-5-9-24-11-8-20/h3-4,6,10,12-13,20,22,24H,5,7-9,11,14-15H2,1-2H3. The van der Waals surface area contributed by atoms with Gasteiger partial charge in [-0.3, -0.25) is 9.78 Å². The van der Waals surface area contributed by atoms with Gasteiger partial charge in [-0.25, -0.2) is 0 Å². The highest BCUT2D eigenvalue weighted by atomic mass is 16.5. The van der Waals surface area contributed by atoms with Crippen LogP contribution in [0.2, 0.25) is 0 Å². The third-order valence-corrected chi connectivity index (χ3v) is 5.95. The molecule has 3 heterocycles. The summed E-state index contributed by atoms with van der Waals surface area (Å²) in [4.78, 5) is 20.0. The molecule has 2 aliphatic rings. The van der Waals surface area contributed by atoms with E-state index in [1.807, 2.05) is 23.1 Å². The van der Waals surface area contributed by atoms with Gasteiger partial charge in [-0.1, -0.05) is 12.1 Å². The highest BCUT2D eigenvalue weighted by Crippen LogP contribution is 2.33. The largest absolute Gasteiger partial charge is 0.480 e. The van der Waals surface area contributed by atoms with Crippen molar-refractivity contribution in [2.45, 2.75) is 58.2 Å². The lowest BCUT2D eigenvalue weighted by Gasteiger charge is -2.32. The molecule has 2 unspecified atom stereocenters. The maximum atomic E-state index is 13.6. The number of carbonyl (C=O) groups excluding carboxylic acids is 1. The molecule has 1 amide bonds. The molecule has 0 spiro atoms. The normalized spacial score (nSPS) is 21.5. The molecule has 28 heavy (non-hydrogen) atoms. The van der Waals surface area contributed by atoms with Crippen LogP contribution in [-0.2, 0) is 17.8 Å². The lowest BCUT2D eigenvalue weighted by molar-refractivity contribution is -0.141. The zero-order valence-corrected chi connectivity index (χ0v) is 16.8. The summed E-state index contributed by atoms with van der Waals surface area (Å²) in [6, 6.07) is 10.3. The summed E-state index contributed by atoms with van der Waals surface area (Å²) in [5.41, 5.74) is 4.51. The smallest absolute Gasteiger partial charge is 0.264 e. The fourth-order valence-corrected chi connectivity index (χ4v) is 4.20. The van der Waals surface area contributed by atoms with Crippen molar-refractivity contribution < 1.29 is 9.53 Å². The lowest BCUT2D eigenvalue weighted by Crippen LogP contribution is -2.47. The summed E-state index contributed by atoms with van der Waals surface area (Å²) >= 11 is 0. The van der Waals surface area contributed by atoms with Crippen LogP contribution in [0.25, 0.3) is 0 Å². The van der Waals surface area contributed by atoms with Gasteiger partial charge >= 0.3 is 0 Å². The van der Waals surface area contributed by atoms with Crippen LogP contribution in [0, 0.1) is 13.8 Å². The Balaban J connectivity index is 1.56. The Hall–Kier alpha value is -2.40. The van der Waals surface area contributed by atoms with E-state index in [-0.39, 0.29) is 11.9 Å². The second-order valence-electron chi connectivity index (χ2n) is 7.98. The average molecular weight is 380 g/mol. The number of pyridine rings is 1. The maximum Gasteiger partial charge on any atom is 0.264 e. The Bertz CT molecular complexity index is 798. The van der Waals surface area contributed by atoms with Gasteiger partial charge in [0.25, 0.3) is 5.91 Å². The summed E-state index contributed by atoms with van der Waals surface area (Å²) in [6.45, 7) is 6.70. The second-order valence-corrected chi connectivity index (χ2v) is 7.98. The van der Waals surface area contributed by atoms with Crippen LogP contribution in [0.4, 0.5) is 0 Å². The molecule has 0 aliphatic carbocycles. The van der Waals surface area contributed by atoms with Crippen LogP contribution < -0.4 is 10.1 Å². The molecule has 1 aromatic heterocycles. The molecule has 2 atom stereocenters. The first kappa shape index (κ1) is 18.9. The van der Waals surface area contributed by atoms with Gasteiger partial charge in [0.15, 0.2) is 6.10 Å². The van der Waals surface area contributed by atoms with Crippen molar-refractivity contribution in [3.8, 4) is 5.75 Å². The number of amides is 1. The SMILES string of the molecule is Cc1cc2c(cc1C)OC(C(=O)N(Cc1ccccn1)C1CCCNCC1)C2. The number of nitrogens with zero attached hydrogens (tertiary/aromatic N) is 2. The minimum absolute atomic E-state index is 0.0871. The number of carbonyl (C=O) groups is 1. The van der Waals surface area contributed by atoms with E-state index >= 15 is 0 Å². The van der Waals surface area contributed by atoms with E-state index in [0.717, 1.165) is 49.4 Å². The van der Waals surface area contributed by atoms with Crippen LogP contribution in [0.15, 0.2) is 36.5 Å². The van der Waals surface area contributed by atoms with Crippen molar-refractivity contribution in [3.05, 3.63) is 58.9 Å². The topological polar surface area (TPSA) is 54.5 Å². The quantitative estimate of drug-likeness (QED) is 0.887. The van der Waals surface area contributed by atoms with E-state index in [4.69, 9.17) is 4.74 Å². The van der Waals surface area contributed by atoms with E-state index < -0.39 is 6.10 Å². The second kappa shape index (κ2) is 8.31. The number of nitrogens with one attached hydrogen (secondary N) is 1. The van der Waals surface area contributed by atoms with Crippen molar-refractivity contribution in [1.29, 1.82) is 0 Å². The summed E-state index contributed by atoms with van der Waals surface area (Å²) in [5, 5.41) is 3.45. The van der Waals surface area contributed by atoms with Crippen LogP contribution in [0.1, 0.15) is 41.6 Å². The Kier molecular flexibility index (Phi) is 5.62. The molecule has 5 nitrogen and oxygen atoms in total. The predicted octanol–water partition coefficient (Wildman–Crippen LogP) is 3.17. The molecule has 4 rings (SSSR count). The first-order valence-electron chi connectivity index (χ1n) is 10.3. The van der Waals surface area contributed by atoms with Crippen molar-refractivity contribution in [2.24, 2.45) is 0 Å². The molecule has 1 fully saturated rings. The third-order valence-electron chi connectivity index (χ3n) is 5.95. The number of hydrogen-bond donors (Lipinski definition) is 1. The molecule has 2 aromatic rings. The predicted molar refractivity (Wildman–Crippen MR) is 109 cm³/mol. The van der Waals surface area contributed by atoms with Crippen molar-refractivity contribution in [2.75, 3.05) is 13.1 Å². The molecule has 0 bridgehead atoms. The summed E-state index contributed by atoms with van der Waals surface area (Å²) < 4.78 is 6.12. The number of aryl methyl sites for hydroxylation is 2. The van der Waals surface area contributed by atoms with Gasteiger partial charge in [0.2, 0.25) is 0 Å². The third kappa shape index (κ3) is 4.04. The minimum Gasteiger partial charge on any atom is -0.480 e. The highest BCUT2D eigenvalue weighted by molar-refractivity contribution is 5.83. The Morgan fingerprint density at radius 2 is 2.07 bits per heavy atom. The Morgan fingerprint density at radius 3 is 2.89 bits per heavy atom. The van der Waals surface area contributed by atoms with Crippen molar-refractivity contribution in [1.82, 2.24) is 15.2 Å². The van der Waals surface area contributed by atoms with E-state index in [9.17, 15) is 4.79 Å². The van der Waals surface area contributed by atoms with Gasteiger partial charge < -0.3 is 15.0 Å². The summed E-state index contributed by atoms with van der Waals surface area (Å²) in [5.74, 6) is 0.950. The van der Waals surface area contributed by atoms with Gasteiger partial charge in [0.1, 0.15) is 5.75 Å². The fourth-order valence-electron chi connectivity index (χ4n) is 4.20. The number of ether oxygens (including phenoxy) is 1. The molecule has 0 saturated carbocycles. The molecule has 1 N–H and O–H groups in total. The first-order valence-corrected chi connectivity index (χ1v) is 10.3.